The first-order valence-electron chi connectivity index (χ1n) is 9.25. The quantitative estimate of drug-likeness (QED) is 0.602. The van der Waals surface area contributed by atoms with Crippen LogP contribution in [0, 0.1) is 13.8 Å². The van der Waals surface area contributed by atoms with E-state index in [0.29, 0.717) is 28.3 Å². The molecule has 3 aromatic carbocycles. The molecule has 1 amide bonds. The highest BCUT2D eigenvalue weighted by atomic mass is 16.5. The summed E-state index contributed by atoms with van der Waals surface area (Å²) in [5.74, 6) is 0.631. The van der Waals surface area contributed by atoms with Crippen molar-refractivity contribution < 1.29 is 19.1 Å². The van der Waals surface area contributed by atoms with Gasteiger partial charge in [-0.05, 0) is 55.3 Å². The molecular formula is C24H23NO4. The summed E-state index contributed by atoms with van der Waals surface area (Å²) in [6.07, 6.45) is 0. The molecule has 0 saturated carbocycles. The summed E-state index contributed by atoms with van der Waals surface area (Å²) < 4.78 is 10.7. The maximum atomic E-state index is 12.8. The van der Waals surface area contributed by atoms with Crippen molar-refractivity contribution in [1.82, 2.24) is 0 Å². The number of hydrogen-bond acceptors (Lipinski definition) is 4. The number of nitrogens with one attached hydrogen (secondary N) is 1. The predicted molar refractivity (Wildman–Crippen MR) is 113 cm³/mol. The third-order valence-electron chi connectivity index (χ3n) is 4.61. The fourth-order valence-corrected chi connectivity index (χ4v) is 2.87. The molecule has 0 fully saturated rings. The highest BCUT2D eigenvalue weighted by Gasteiger charge is 2.12. The van der Waals surface area contributed by atoms with E-state index in [9.17, 15) is 9.59 Å². The van der Waals surface area contributed by atoms with Gasteiger partial charge in [-0.1, -0.05) is 36.4 Å². The number of amides is 1. The van der Waals surface area contributed by atoms with Gasteiger partial charge >= 0.3 is 0 Å². The molecule has 0 aliphatic heterocycles. The van der Waals surface area contributed by atoms with Crippen molar-refractivity contribution >= 4 is 17.4 Å². The van der Waals surface area contributed by atoms with Crippen molar-refractivity contribution in [1.29, 1.82) is 0 Å². The molecule has 0 bridgehead atoms. The normalized spacial score (nSPS) is 10.3. The second-order valence-electron chi connectivity index (χ2n) is 6.70. The van der Waals surface area contributed by atoms with E-state index in [1.807, 2.05) is 38.1 Å². The second-order valence-corrected chi connectivity index (χ2v) is 6.70. The van der Waals surface area contributed by atoms with E-state index in [-0.39, 0.29) is 18.3 Å². The number of methoxy groups -OCH3 is 1. The second kappa shape index (κ2) is 9.06. The van der Waals surface area contributed by atoms with Crippen molar-refractivity contribution in [3.63, 3.8) is 0 Å². The van der Waals surface area contributed by atoms with Crippen LogP contribution in [0.2, 0.25) is 0 Å². The van der Waals surface area contributed by atoms with Crippen LogP contribution >= 0.6 is 0 Å². The number of benzene rings is 3. The van der Waals surface area contributed by atoms with Crippen LogP contribution in [0.5, 0.6) is 11.5 Å². The molecular weight excluding hydrogens is 366 g/mol. The number of rotatable bonds is 7. The van der Waals surface area contributed by atoms with E-state index in [2.05, 4.69) is 5.32 Å². The largest absolute Gasteiger partial charge is 0.493 e. The Balaban J connectivity index is 1.66. The lowest BCUT2D eigenvalue weighted by molar-refractivity contribution is -0.118. The molecule has 29 heavy (non-hydrogen) atoms. The monoisotopic (exact) mass is 389 g/mol. The molecule has 0 radical (unpaired) electrons. The van der Waals surface area contributed by atoms with E-state index in [1.165, 1.54) is 0 Å². The van der Waals surface area contributed by atoms with Gasteiger partial charge < -0.3 is 14.8 Å². The van der Waals surface area contributed by atoms with Gasteiger partial charge in [0.1, 0.15) is 0 Å². The maximum absolute atomic E-state index is 12.8. The molecule has 3 rings (SSSR count). The lowest BCUT2D eigenvalue weighted by Crippen LogP contribution is -2.20. The van der Waals surface area contributed by atoms with Crippen LogP contribution in [-0.4, -0.2) is 25.4 Å². The predicted octanol–water partition coefficient (Wildman–Crippen LogP) is 4.56. The minimum absolute atomic E-state index is 0.0885. The molecule has 0 aliphatic rings. The minimum Gasteiger partial charge on any atom is -0.493 e. The van der Waals surface area contributed by atoms with Crippen molar-refractivity contribution in [3.05, 3.63) is 89.0 Å². The highest BCUT2D eigenvalue weighted by molar-refractivity contribution is 6.10. The molecule has 0 spiro atoms. The number of anilines is 1. The SMILES string of the molecule is COc1ccccc1OCC(=O)Nc1cccc(C(=O)c2ccc(C)c(C)c2)c1. The van der Waals surface area contributed by atoms with Gasteiger partial charge in [0.15, 0.2) is 23.9 Å². The van der Waals surface area contributed by atoms with E-state index in [0.717, 1.165) is 11.1 Å². The Morgan fingerprint density at radius 2 is 1.55 bits per heavy atom. The lowest BCUT2D eigenvalue weighted by atomic mass is 9.99. The van der Waals surface area contributed by atoms with Gasteiger partial charge in [0.25, 0.3) is 5.91 Å². The van der Waals surface area contributed by atoms with E-state index in [4.69, 9.17) is 9.47 Å². The number of para-hydroxylation sites is 2. The van der Waals surface area contributed by atoms with Crippen LogP contribution in [0.1, 0.15) is 27.0 Å². The Bertz CT molecular complexity index is 1040. The molecule has 148 valence electrons. The summed E-state index contributed by atoms with van der Waals surface area (Å²) in [5, 5.41) is 2.76. The van der Waals surface area contributed by atoms with Gasteiger partial charge in [-0.25, -0.2) is 0 Å². The van der Waals surface area contributed by atoms with E-state index >= 15 is 0 Å². The van der Waals surface area contributed by atoms with Crippen LogP contribution < -0.4 is 14.8 Å². The first-order valence-corrected chi connectivity index (χ1v) is 9.25. The summed E-state index contributed by atoms with van der Waals surface area (Å²) in [5.41, 5.74) is 3.87. The third kappa shape index (κ3) is 5.02. The number of ketones is 1. The average molecular weight is 389 g/mol. The van der Waals surface area contributed by atoms with Crippen LogP contribution in [0.15, 0.2) is 66.7 Å². The van der Waals surface area contributed by atoms with Crippen LogP contribution in [0.25, 0.3) is 0 Å². The Kier molecular flexibility index (Phi) is 6.29. The molecule has 5 heteroatoms. The standard InChI is InChI=1S/C24H23NO4/c1-16-11-12-19(13-17(16)2)24(27)18-7-6-8-20(14-18)25-23(26)15-29-22-10-5-4-9-21(22)28-3/h4-14H,15H2,1-3H3,(H,25,26). The third-order valence-corrected chi connectivity index (χ3v) is 4.61. The molecule has 0 aliphatic carbocycles. The molecule has 0 aromatic heterocycles. The number of carbonyl (C=O) groups is 2. The Morgan fingerprint density at radius 3 is 2.28 bits per heavy atom. The first kappa shape index (κ1) is 20.1. The Hall–Kier alpha value is -3.60. The van der Waals surface area contributed by atoms with Gasteiger partial charge in [-0.3, -0.25) is 9.59 Å². The zero-order chi connectivity index (χ0) is 20.8. The van der Waals surface area contributed by atoms with Gasteiger partial charge in [0, 0.05) is 16.8 Å². The van der Waals surface area contributed by atoms with Crippen molar-refractivity contribution in [2.75, 3.05) is 19.0 Å². The zero-order valence-corrected chi connectivity index (χ0v) is 16.7. The Morgan fingerprint density at radius 1 is 0.828 bits per heavy atom. The fourth-order valence-electron chi connectivity index (χ4n) is 2.87. The van der Waals surface area contributed by atoms with Crippen molar-refractivity contribution in [2.24, 2.45) is 0 Å². The van der Waals surface area contributed by atoms with Crippen LogP contribution in [0.4, 0.5) is 5.69 Å². The van der Waals surface area contributed by atoms with Gasteiger partial charge in [0.2, 0.25) is 0 Å². The Labute approximate surface area is 170 Å². The molecule has 0 atom stereocenters. The summed E-state index contributed by atoms with van der Waals surface area (Å²) in [7, 11) is 1.54. The molecule has 1 N–H and O–H groups in total. The number of aryl methyl sites for hydroxylation is 2. The van der Waals surface area contributed by atoms with Crippen LogP contribution in [-0.2, 0) is 4.79 Å². The molecule has 3 aromatic rings. The molecule has 0 saturated heterocycles. The van der Waals surface area contributed by atoms with Crippen molar-refractivity contribution in [3.8, 4) is 11.5 Å². The van der Waals surface area contributed by atoms with E-state index < -0.39 is 0 Å². The number of carbonyl (C=O) groups excluding carboxylic acids is 2. The summed E-state index contributed by atoms with van der Waals surface area (Å²) in [6, 6.07) is 19.6. The summed E-state index contributed by atoms with van der Waals surface area (Å²) >= 11 is 0. The minimum atomic E-state index is -0.327. The number of hydrogen-bond donors (Lipinski definition) is 1. The van der Waals surface area contributed by atoms with Gasteiger partial charge in [-0.2, -0.15) is 0 Å². The van der Waals surface area contributed by atoms with Crippen molar-refractivity contribution in [2.45, 2.75) is 13.8 Å². The topological polar surface area (TPSA) is 64.6 Å². The highest BCUT2D eigenvalue weighted by Crippen LogP contribution is 2.25. The molecule has 0 unspecified atom stereocenters. The number of ether oxygens (including phenoxy) is 2. The molecule has 5 nitrogen and oxygen atoms in total. The van der Waals surface area contributed by atoms with Gasteiger partial charge in [0.05, 0.1) is 7.11 Å². The maximum Gasteiger partial charge on any atom is 0.262 e. The summed E-state index contributed by atoms with van der Waals surface area (Å²) in [6.45, 7) is 3.81. The smallest absolute Gasteiger partial charge is 0.262 e. The summed E-state index contributed by atoms with van der Waals surface area (Å²) in [4.78, 5) is 25.0. The average Bonchev–Trinajstić information content (AvgIpc) is 2.74. The lowest BCUT2D eigenvalue weighted by Gasteiger charge is -2.11. The van der Waals surface area contributed by atoms with E-state index in [1.54, 1.807) is 49.6 Å². The van der Waals surface area contributed by atoms with Gasteiger partial charge in [-0.15, -0.1) is 0 Å². The molecule has 0 heterocycles. The van der Waals surface area contributed by atoms with Crippen LogP contribution in [0.3, 0.4) is 0 Å². The fraction of sp³-hybridized carbons (Fsp3) is 0.167. The zero-order valence-electron chi connectivity index (χ0n) is 16.7. The first-order chi connectivity index (χ1) is 14.0.